The number of benzene rings is 2. The average molecular weight is 393 g/mol. The fourth-order valence-electron chi connectivity index (χ4n) is 3.26. The van der Waals surface area contributed by atoms with Gasteiger partial charge in [0.05, 0.1) is 30.7 Å². The molecule has 1 heterocycles. The summed E-state index contributed by atoms with van der Waals surface area (Å²) in [5, 5.41) is 3.26. The van der Waals surface area contributed by atoms with Crippen LogP contribution in [0.15, 0.2) is 58.3 Å². The van der Waals surface area contributed by atoms with Gasteiger partial charge in [-0.2, -0.15) is 0 Å². The molecule has 29 heavy (non-hydrogen) atoms. The van der Waals surface area contributed by atoms with E-state index < -0.39 is 0 Å². The molecule has 3 rings (SSSR count). The number of hydrogen-bond donors (Lipinski definition) is 1. The van der Waals surface area contributed by atoms with Gasteiger partial charge in [-0.25, -0.2) is 9.67 Å². The van der Waals surface area contributed by atoms with Gasteiger partial charge in [0.2, 0.25) is 0 Å². The van der Waals surface area contributed by atoms with Gasteiger partial charge in [-0.15, -0.1) is 0 Å². The number of methoxy groups -OCH3 is 1. The Bertz CT molecular complexity index is 1050. The van der Waals surface area contributed by atoms with Crippen molar-refractivity contribution in [2.24, 2.45) is 4.99 Å². The summed E-state index contributed by atoms with van der Waals surface area (Å²) >= 11 is 0. The Kier molecular flexibility index (Phi) is 6.54. The maximum atomic E-state index is 13.3. The molecule has 0 saturated carbocycles. The zero-order chi connectivity index (χ0) is 20.8. The molecule has 0 aliphatic carbocycles. The summed E-state index contributed by atoms with van der Waals surface area (Å²) in [6.45, 7) is 6.45. The maximum absolute atomic E-state index is 13.3. The highest BCUT2D eigenvalue weighted by Crippen LogP contribution is 2.28. The molecule has 0 saturated heterocycles. The van der Waals surface area contributed by atoms with Gasteiger partial charge in [-0.1, -0.05) is 25.5 Å². The van der Waals surface area contributed by atoms with Gasteiger partial charge in [0.15, 0.2) is 0 Å². The lowest BCUT2D eigenvalue weighted by Gasteiger charge is -2.07. The SMILES string of the molecule is CCCc1[nH]n(-c2ccc(OC)cc2)c(=O)c1C(C)=Nc1ccccc1OCC. The van der Waals surface area contributed by atoms with E-state index >= 15 is 0 Å². The lowest BCUT2D eigenvalue weighted by Crippen LogP contribution is -2.19. The van der Waals surface area contributed by atoms with Gasteiger partial charge in [0.1, 0.15) is 17.2 Å². The third-order valence-electron chi connectivity index (χ3n) is 4.61. The van der Waals surface area contributed by atoms with Crippen LogP contribution in [0.3, 0.4) is 0 Å². The molecule has 152 valence electrons. The van der Waals surface area contributed by atoms with Gasteiger partial charge in [0, 0.05) is 5.69 Å². The number of H-pyrrole nitrogens is 1. The van der Waals surface area contributed by atoms with Crippen molar-refractivity contribution >= 4 is 11.4 Å². The molecule has 3 aromatic rings. The van der Waals surface area contributed by atoms with Crippen LogP contribution in [0, 0.1) is 0 Å². The summed E-state index contributed by atoms with van der Waals surface area (Å²) in [5.41, 5.74) is 3.49. The zero-order valence-corrected chi connectivity index (χ0v) is 17.4. The fraction of sp³-hybridized carbons (Fsp3) is 0.304. The summed E-state index contributed by atoms with van der Waals surface area (Å²) < 4.78 is 12.4. The summed E-state index contributed by atoms with van der Waals surface area (Å²) in [7, 11) is 1.62. The quantitative estimate of drug-likeness (QED) is 0.566. The topological polar surface area (TPSA) is 68.6 Å². The number of aromatic amines is 1. The Labute approximate surface area is 170 Å². The Balaban J connectivity index is 2.08. The van der Waals surface area contributed by atoms with Crippen molar-refractivity contribution in [2.45, 2.75) is 33.6 Å². The number of para-hydroxylation sites is 2. The minimum atomic E-state index is -0.117. The number of nitrogens with zero attached hydrogens (tertiary/aromatic N) is 2. The highest BCUT2D eigenvalue weighted by Gasteiger charge is 2.18. The van der Waals surface area contributed by atoms with E-state index in [-0.39, 0.29) is 5.56 Å². The smallest absolute Gasteiger partial charge is 0.280 e. The second kappa shape index (κ2) is 9.28. The van der Waals surface area contributed by atoms with Gasteiger partial charge in [0.25, 0.3) is 5.56 Å². The molecule has 0 atom stereocenters. The molecule has 0 bridgehead atoms. The highest BCUT2D eigenvalue weighted by molar-refractivity contribution is 6.01. The van der Waals surface area contributed by atoms with Crippen molar-refractivity contribution in [3.63, 3.8) is 0 Å². The Morgan fingerprint density at radius 2 is 1.83 bits per heavy atom. The zero-order valence-electron chi connectivity index (χ0n) is 17.4. The summed E-state index contributed by atoms with van der Waals surface area (Å²) in [6.07, 6.45) is 1.67. The molecular weight excluding hydrogens is 366 g/mol. The number of aromatic nitrogens is 2. The standard InChI is InChI=1S/C23H27N3O3/c1-5-9-20-22(16(3)24-19-10-7-8-11-21(19)29-6-2)23(27)26(25-20)17-12-14-18(28-4)15-13-17/h7-8,10-15,25H,5-6,9H2,1-4H3. The largest absolute Gasteiger partial charge is 0.497 e. The molecule has 1 aromatic heterocycles. The summed E-state index contributed by atoms with van der Waals surface area (Å²) in [6, 6.07) is 15.0. The van der Waals surface area contributed by atoms with Crippen LogP contribution in [-0.4, -0.2) is 29.2 Å². The van der Waals surface area contributed by atoms with Gasteiger partial charge in [-0.3, -0.25) is 9.89 Å². The monoisotopic (exact) mass is 393 g/mol. The molecule has 0 aliphatic heterocycles. The lowest BCUT2D eigenvalue weighted by molar-refractivity contribution is 0.341. The Morgan fingerprint density at radius 1 is 1.10 bits per heavy atom. The van der Waals surface area contributed by atoms with Gasteiger partial charge in [-0.05, 0) is 56.7 Å². The van der Waals surface area contributed by atoms with E-state index in [1.165, 1.54) is 0 Å². The van der Waals surface area contributed by atoms with E-state index in [1.807, 2.05) is 62.4 Å². The van der Waals surface area contributed by atoms with Crippen LogP contribution >= 0.6 is 0 Å². The molecule has 2 aromatic carbocycles. The molecule has 0 radical (unpaired) electrons. The second-order valence-electron chi connectivity index (χ2n) is 6.65. The normalized spacial score (nSPS) is 11.5. The van der Waals surface area contributed by atoms with Crippen LogP contribution in [-0.2, 0) is 6.42 Å². The van der Waals surface area contributed by atoms with E-state index in [1.54, 1.807) is 11.8 Å². The highest BCUT2D eigenvalue weighted by atomic mass is 16.5. The number of ether oxygens (including phenoxy) is 2. The molecular formula is C23H27N3O3. The minimum absolute atomic E-state index is 0.117. The summed E-state index contributed by atoms with van der Waals surface area (Å²) in [5.74, 6) is 1.45. The minimum Gasteiger partial charge on any atom is -0.497 e. The Hall–Kier alpha value is -3.28. The van der Waals surface area contributed by atoms with Crippen molar-refractivity contribution in [3.05, 3.63) is 70.1 Å². The number of nitrogens with one attached hydrogen (secondary N) is 1. The van der Waals surface area contributed by atoms with Gasteiger partial charge < -0.3 is 9.47 Å². The van der Waals surface area contributed by atoms with Crippen LogP contribution < -0.4 is 15.0 Å². The van der Waals surface area contributed by atoms with E-state index in [2.05, 4.69) is 12.0 Å². The maximum Gasteiger partial charge on any atom is 0.280 e. The van der Waals surface area contributed by atoms with Crippen LogP contribution in [0.5, 0.6) is 11.5 Å². The summed E-state index contributed by atoms with van der Waals surface area (Å²) in [4.78, 5) is 18.0. The molecule has 0 aliphatic rings. The number of aryl methyl sites for hydroxylation is 1. The molecule has 0 unspecified atom stereocenters. The second-order valence-corrected chi connectivity index (χ2v) is 6.65. The van der Waals surface area contributed by atoms with Crippen molar-refractivity contribution in [3.8, 4) is 17.2 Å². The van der Waals surface area contributed by atoms with E-state index in [4.69, 9.17) is 14.5 Å². The van der Waals surface area contributed by atoms with Crippen LogP contribution in [0.4, 0.5) is 5.69 Å². The third kappa shape index (κ3) is 4.42. The van der Waals surface area contributed by atoms with Crippen LogP contribution in [0.1, 0.15) is 38.4 Å². The van der Waals surface area contributed by atoms with Gasteiger partial charge >= 0.3 is 0 Å². The fourth-order valence-corrected chi connectivity index (χ4v) is 3.26. The van der Waals surface area contributed by atoms with Crippen molar-refractivity contribution in [1.82, 2.24) is 9.78 Å². The predicted molar refractivity (Wildman–Crippen MR) is 116 cm³/mol. The number of hydrogen-bond acceptors (Lipinski definition) is 4. The molecule has 6 heteroatoms. The first-order valence-electron chi connectivity index (χ1n) is 9.84. The predicted octanol–water partition coefficient (Wildman–Crippen LogP) is 4.67. The van der Waals surface area contributed by atoms with Crippen LogP contribution in [0.2, 0.25) is 0 Å². The average Bonchev–Trinajstić information content (AvgIpc) is 3.06. The first-order chi connectivity index (χ1) is 14.1. The van der Waals surface area contributed by atoms with Crippen molar-refractivity contribution < 1.29 is 9.47 Å². The van der Waals surface area contributed by atoms with E-state index in [9.17, 15) is 4.79 Å². The Morgan fingerprint density at radius 3 is 2.48 bits per heavy atom. The lowest BCUT2D eigenvalue weighted by atomic mass is 10.1. The first-order valence-corrected chi connectivity index (χ1v) is 9.84. The van der Waals surface area contributed by atoms with E-state index in [0.29, 0.717) is 29.3 Å². The molecule has 1 N–H and O–H groups in total. The molecule has 0 spiro atoms. The molecule has 6 nitrogen and oxygen atoms in total. The molecule has 0 fully saturated rings. The first kappa shape index (κ1) is 20.5. The van der Waals surface area contributed by atoms with Crippen molar-refractivity contribution in [2.75, 3.05) is 13.7 Å². The number of aliphatic imine (C=N–C) groups is 1. The van der Waals surface area contributed by atoms with Crippen LogP contribution in [0.25, 0.3) is 5.69 Å². The third-order valence-corrected chi connectivity index (χ3v) is 4.61. The van der Waals surface area contributed by atoms with Crippen molar-refractivity contribution in [1.29, 1.82) is 0 Å². The van der Waals surface area contributed by atoms with E-state index in [0.717, 1.165) is 30.0 Å². The number of rotatable bonds is 8. The molecule has 0 amide bonds.